The van der Waals surface area contributed by atoms with E-state index < -0.39 is 9.84 Å². The van der Waals surface area contributed by atoms with E-state index in [9.17, 15) is 8.42 Å². The maximum atomic E-state index is 11.2. The molecule has 2 heterocycles. The van der Waals surface area contributed by atoms with Crippen molar-refractivity contribution in [2.75, 3.05) is 18.1 Å². The van der Waals surface area contributed by atoms with E-state index in [0.717, 1.165) is 30.5 Å². The molecule has 1 aromatic carbocycles. The van der Waals surface area contributed by atoms with Gasteiger partial charge in [0.25, 0.3) is 5.89 Å². The molecule has 0 amide bonds. The molecule has 1 aromatic heterocycles. The molecular weight excluding hydrogens is 266 g/mol. The van der Waals surface area contributed by atoms with Gasteiger partial charge in [-0.1, -0.05) is 5.16 Å². The Labute approximate surface area is 110 Å². The molecule has 1 aliphatic rings. The minimum absolute atomic E-state index is 0.191. The van der Waals surface area contributed by atoms with E-state index >= 15 is 0 Å². The van der Waals surface area contributed by atoms with Gasteiger partial charge in [-0.05, 0) is 30.2 Å². The largest absolute Gasteiger partial charge is 0.384 e. The number of hydrogen-bond acceptors (Lipinski definition) is 6. The third-order valence-electron chi connectivity index (χ3n) is 2.92. The smallest absolute Gasteiger partial charge is 0.257 e. The first kappa shape index (κ1) is 12.2. The molecule has 0 radical (unpaired) electrons. The average molecular weight is 279 g/mol. The number of anilines is 1. The van der Waals surface area contributed by atoms with Gasteiger partial charge >= 0.3 is 0 Å². The molecular formula is C12H13N3O3S. The zero-order valence-corrected chi connectivity index (χ0v) is 11.2. The number of nitrogens with one attached hydrogen (secondary N) is 1. The quantitative estimate of drug-likeness (QED) is 0.910. The Balaban J connectivity index is 1.90. The van der Waals surface area contributed by atoms with Crippen LogP contribution in [-0.2, 0) is 22.0 Å². The van der Waals surface area contributed by atoms with Crippen molar-refractivity contribution < 1.29 is 12.9 Å². The Hall–Kier alpha value is -1.89. The van der Waals surface area contributed by atoms with E-state index in [1.54, 1.807) is 0 Å². The number of rotatable bonds is 3. The molecule has 0 atom stereocenters. The number of hydrogen-bond donors (Lipinski definition) is 1. The van der Waals surface area contributed by atoms with Crippen LogP contribution in [0.2, 0.25) is 0 Å². The second kappa shape index (κ2) is 4.34. The van der Waals surface area contributed by atoms with Gasteiger partial charge in [-0.3, -0.25) is 0 Å². The van der Waals surface area contributed by atoms with Gasteiger partial charge in [0.15, 0.2) is 15.7 Å². The molecule has 0 unspecified atom stereocenters. The van der Waals surface area contributed by atoms with Crippen LogP contribution in [0.3, 0.4) is 0 Å². The van der Waals surface area contributed by atoms with Gasteiger partial charge in [-0.2, -0.15) is 4.98 Å². The van der Waals surface area contributed by atoms with Crippen molar-refractivity contribution in [2.24, 2.45) is 0 Å². The molecule has 7 heteroatoms. The highest BCUT2D eigenvalue weighted by atomic mass is 32.2. The zero-order valence-electron chi connectivity index (χ0n) is 10.4. The Kier molecular flexibility index (Phi) is 2.78. The van der Waals surface area contributed by atoms with Crippen molar-refractivity contribution in [2.45, 2.75) is 12.2 Å². The molecule has 0 saturated heterocycles. The summed E-state index contributed by atoms with van der Waals surface area (Å²) in [6.45, 7) is 0.932. The fourth-order valence-corrected chi connectivity index (χ4v) is 2.69. The van der Waals surface area contributed by atoms with Gasteiger partial charge in [0.05, 0.1) is 0 Å². The fourth-order valence-electron chi connectivity index (χ4n) is 2.10. The normalized spacial score (nSPS) is 14.2. The molecule has 3 rings (SSSR count). The molecule has 1 aliphatic heterocycles. The van der Waals surface area contributed by atoms with Gasteiger partial charge < -0.3 is 9.84 Å². The summed E-state index contributed by atoms with van der Waals surface area (Å²) in [6.07, 6.45) is 2.11. The standard InChI is InChI=1S/C12H13N3O3S/c1-19(16,17)7-11-14-12(18-15-11)9-2-3-10-8(6-9)4-5-13-10/h2-3,6,13H,4-5,7H2,1H3. The van der Waals surface area contributed by atoms with Crippen LogP contribution in [0.5, 0.6) is 0 Å². The minimum atomic E-state index is -3.15. The number of sulfone groups is 1. The predicted molar refractivity (Wildman–Crippen MR) is 70.5 cm³/mol. The molecule has 2 aromatic rings. The lowest BCUT2D eigenvalue weighted by atomic mass is 10.1. The molecule has 1 N–H and O–H groups in total. The van der Waals surface area contributed by atoms with E-state index in [4.69, 9.17) is 4.52 Å². The molecule has 0 fully saturated rings. The van der Waals surface area contributed by atoms with E-state index in [2.05, 4.69) is 15.5 Å². The first-order valence-electron chi connectivity index (χ1n) is 5.89. The molecule has 0 aliphatic carbocycles. The van der Waals surface area contributed by atoms with E-state index in [1.807, 2.05) is 18.2 Å². The van der Waals surface area contributed by atoms with Crippen LogP contribution in [0.4, 0.5) is 5.69 Å². The fraction of sp³-hybridized carbons (Fsp3) is 0.333. The van der Waals surface area contributed by atoms with Crippen molar-refractivity contribution in [3.63, 3.8) is 0 Å². The highest BCUT2D eigenvalue weighted by molar-refractivity contribution is 7.89. The van der Waals surface area contributed by atoms with Gasteiger partial charge in [-0.25, -0.2) is 8.42 Å². The zero-order chi connectivity index (χ0) is 13.5. The summed E-state index contributed by atoms with van der Waals surface area (Å²) < 4.78 is 27.5. The van der Waals surface area contributed by atoms with Crippen LogP contribution in [0, 0.1) is 0 Å². The van der Waals surface area contributed by atoms with Crippen LogP contribution >= 0.6 is 0 Å². The lowest BCUT2D eigenvalue weighted by Crippen LogP contribution is -2.02. The second-order valence-corrected chi connectivity index (χ2v) is 6.77. The summed E-state index contributed by atoms with van der Waals surface area (Å²) >= 11 is 0. The number of benzene rings is 1. The Morgan fingerprint density at radius 2 is 2.26 bits per heavy atom. The van der Waals surface area contributed by atoms with Crippen LogP contribution in [-0.4, -0.2) is 31.4 Å². The average Bonchev–Trinajstić information content (AvgIpc) is 2.93. The molecule has 0 bridgehead atoms. The van der Waals surface area contributed by atoms with Crippen molar-refractivity contribution in [3.05, 3.63) is 29.6 Å². The number of aromatic nitrogens is 2. The van der Waals surface area contributed by atoms with E-state index in [-0.39, 0.29) is 11.6 Å². The first-order chi connectivity index (χ1) is 9.01. The van der Waals surface area contributed by atoms with Gasteiger partial charge in [0.1, 0.15) is 5.75 Å². The van der Waals surface area contributed by atoms with Crippen LogP contribution in [0.1, 0.15) is 11.4 Å². The highest BCUT2D eigenvalue weighted by Crippen LogP contribution is 2.27. The van der Waals surface area contributed by atoms with Crippen LogP contribution in [0.25, 0.3) is 11.5 Å². The summed E-state index contributed by atoms with van der Waals surface area (Å²) in [5, 5.41) is 6.96. The molecule has 19 heavy (non-hydrogen) atoms. The maximum absolute atomic E-state index is 11.2. The first-order valence-corrected chi connectivity index (χ1v) is 7.95. The van der Waals surface area contributed by atoms with Crippen LogP contribution in [0.15, 0.2) is 22.7 Å². The second-order valence-electron chi connectivity index (χ2n) is 4.63. The van der Waals surface area contributed by atoms with Gasteiger partial charge in [0.2, 0.25) is 0 Å². The van der Waals surface area contributed by atoms with E-state index in [1.165, 1.54) is 5.56 Å². The monoisotopic (exact) mass is 279 g/mol. The summed E-state index contributed by atoms with van der Waals surface area (Å²) in [4.78, 5) is 4.11. The lowest BCUT2D eigenvalue weighted by Gasteiger charge is -2.00. The number of fused-ring (bicyclic) bond motifs is 1. The third kappa shape index (κ3) is 2.60. The van der Waals surface area contributed by atoms with Gasteiger partial charge in [-0.15, -0.1) is 0 Å². The Bertz CT molecular complexity index is 722. The predicted octanol–water partition coefficient (Wildman–Crippen LogP) is 1.25. The van der Waals surface area contributed by atoms with Crippen molar-refractivity contribution in [3.8, 4) is 11.5 Å². The minimum Gasteiger partial charge on any atom is -0.384 e. The topological polar surface area (TPSA) is 85.1 Å². The molecule has 0 spiro atoms. The SMILES string of the molecule is CS(=O)(=O)Cc1noc(-c2ccc3c(c2)CCN3)n1. The van der Waals surface area contributed by atoms with Crippen LogP contribution < -0.4 is 5.32 Å². The summed E-state index contributed by atoms with van der Waals surface area (Å²) in [6, 6.07) is 5.85. The summed E-state index contributed by atoms with van der Waals surface area (Å²) in [7, 11) is -3.15. The summed E-state index contributed by atoms with van der Waals surface area (Å²) in [5.41, 5.74) is 3.15. The lowest BCUT2D eigenvalue weighted by molar-refractivity contribution is 0.424. The maximum Gasteiger partial charge on any atom is 0.257 e. The Morgan fingerprint density at radius 3 is 3.05 bits per heavy atom. The number of nitrogens with zero attached hydrogens (tertiary/aromatic N) is 2. The molecule has 0 saturated carbocycles. The van der Waals surface area contributed by atoms with Crippen molar-refractivity contribution in [1.82, 2.24) is 10.1 Å². The highest BCUT2D eigenvalue weighted by Gasteiger charge is 2.16. The summed E-state index contributed by atoms with van der Waals surface area (Å²) in [5.74, 6) is 0.340. The van der Waals surface area contributed by atoms with Crippen molar-refractivity contribution in [1.29, 1.82) is 0 Å². The van der Waals surface area contributed by atoms with Gasteiger partial charge in [0, 0.05) is 24.1 Å². The third-order valence-corrected chi connectivity index (χ3v) is 3.70. The molecule has 100 valence electrons. The Morgan fingerprint density at radius 1 is 1.42 bits per heavy atom. The van der Waals surface area contributed by atoms with E-state index in [0.29, 0.717) is 5.89 Å². The van der Waals surface area contributed by atoms with Crippen molar-refractivity contribution >= 4 is 15.5 Å². The molecule has 6 nitrogen and oxygen atoms in total.